The second kappa shape index (κ2) is 9.86. The number of carbonyl (C=O) groups excluding carboxylic acids is 1. The van der Waals surface area contributed by atoms with Gasteiger partial charge in [-0.15, -0.1) is 11.3 Å². The summed E-state index contributed by atoms with van der Waals surface area (Å²) in [5.74, 6) is 0.732. The highest BCUT2D eigenvalue weighted by Crippen LogP contribution is 2.27. The molecule has 2 aromatic heterocycles. The van der Waals surface area contributed by atoms with Gasteiger partial charge in [-0.2, -0.15) is 0 Å². The number of anilines is 3. The molecule has 0 aliphatic heterocycles. The van der Waals surface area contributed by atoms with E-state index in [1.54, 1.807) is 12.4 Å². The smallest absolute Gasteiger partial charge is 0.228 e. The van der Waals surface area contributed by atoms with E-state index in [-0.39, 0.29) is 5.91 Å². The van der Waals surface area contributed by atoms with Crippen LogP contribution < -0.4 is 15.4 Å². The number of nitrogens with zero attached hydrogens (tertiary/aromatic N) is 2. The average molecular weight is 431 g/mol. The zero-order chi connectivity index (χ0) is 21.5. The van der Waals surface area contributed by atoms with Crippen molar-refractivity contribution in [2.45, 2.75) is 13.3 Å². The summed E-state index contributed by atoms with van der Waals surface area (Å²) in [4.78, 5) is 21.1. The van der Waals surface area contributed by atoms with E-state index in [4.69, 9.17) is 4.74 Å². The van der Waals surface area contributed by atoms with Crippen molar-refractivity contribution in [2.24, 2.45) is 0 Å². The molecule has 0 radical (unpaired) electrons. The predicted molar refractivity (Wildman–Crippen MR) is 125 cm³/mol. The van der Waals surface area contributed by atoms with Crippen LogP contribution in [-0.4, -0.2) is 22.5 Å². The summed E-state index contributed by atoms with van der Waals surface area (Å²) in [7, 11) is 0. The van der Waals surface area contributed by atoms with Gasteiger partial charge in [-0.05, 0) is 55.0 Å². The third-order valence-electron chi connectivity index (χ3n) is 4.48. The van der Waals surface area contributed by atoms with E-state index in [0.717, 1.165) is 39.1 Å². The van der Waals surface area contributed by atoms with Crippen molar-refractivity contribution in [3.63, 3.8) is 0 Å². The van der Waals surface area contributed by atoms with E-state index >= 15 is 0 Å². The van der Waals surface area contributed by atoms with Gasteiger partial charge in [0.25, 0.3) is 0 Å². The molecular weight excluding hydrogens is 408 g/mol. The number of nitrogens with one attached hydrogen (secondary N) is 2. The number of thiazole rings is 1. The van der Waals surface area contributed by atoms with E-state index < -0.39 is 0 Å². The standard InChI is InChI=1S/C24H22N4O2S/c1-2-30-21-8-6-17(7-9-21)14-23(29)26-19-4-3-5-20(15-19)27-24-28-22(16-31-24)18-10-12-25-13-11-18/h3-13,15-16H,2,14H2,1H3,(H,26,29)(H,27,28). The summed E-state index contributed by atoms with van der Waals surface area (Å²) >= 11 is 1.53. The lowest BCUT2D eigenvalue weighted by Gasteiger charge is -2.09. The molecule has 1 amide bonds. The minimum Gasteiger partial charge on any atom is -0.494 e. The third-order valence-corrected chi connectivity index (χ3v) is 5.23. The van der Waals surface area contributed by atoms with Gasteiger partial charge in [0.05, 0.1) is 18.7 Å². The quantitative estimate of drug-likeness (QED) is 0.384. The Kier molecular flexibility index (Phi) is 6.54. The maximum absolute atomic E-state index is 12.4. The number of amides is 1. The van der Waals surface area contributed by atoms with Gasteiger partial charge in [-0.1, -0.05) is 18.2 Å². The minimum absolute atomic E-state index is 0.0736. The Morgan fingerprint density at radius 2 is 1.81 bits per heavy atom. The van der Waals surface area contributed by atoms with Crippen LogP contribution in [0.5, 0.6) is 5.75 Å². The number of carbonyl (C=O) groups is 1. The average Bonchev–Trinajstić information content (AvgIpc) is 3.25. The first-order chi connectivity index (χ1) is 15.2. The van der Waals surface area contributed by atoms with Crippen molar-refractivity contribution in [3.05, 3.63) is 84.0 Å². The number of benzene rings is 2. The molecule has 0 unspecified atom stereocenters. The highest BCUT2D eigenvalue weighted by molar-refractivity contribution is 7.14. The topological polar surface area (TPSA) is 76.1 Å². The van der Waals surface area contributed by atoms with Gasteiger partial charge in [0.1, 0.15) is 5.75 Å². The monoisotopic (exact) mass is 430 g/mol. The molecule has 2 aromatic carbocycles. The summed E-state index contributed by atoms with van der Waals surface area (Å²) in [5, 5.41) is 9.04. The molecule has 0 aliphatic carbocycles. The Morgan fingerprint density at radius 1 is 1.03 bits per heavy atom. The molecule has 0 atom stereocenters. The molecular formula is C24H22N4O2S. The summed E-state index contributed by atoms with van der Waals surface area (Å²) in [6.45, 7) is 2.56. The van der Waals surface area contributed by atoms with Crippen molar-refractivity contribution >= 4 is 33.8 Å². The third kappa shape index (κ3) is 5.67. The van der Waals surface area contributed by atoms with E-state index in [1.165, 1.54) is 11.3 Å². The normalized spacial score (nSPS) is 10.5. The molecule has 2 N–H and O–H groups in total. The van der Waals surface area contributed by atoms with Gasteiger partial charge in [-0.25, -0.2) is 4.98 Å². The number of ether oxygens (including phenoxy) is 1. The second-order valence-electron chi connectivity index (χ2n) is 6.78. The lowest BCUT2D eigenvalue weighted by molar-refractivity contribution is -0.115. The number of hydrogen-bond donors (Lipinski definition) is 2. The first kappa shape index (κ1) is 20.6. The van der Waals surface area contributed by atoms with Crippen LogP contribution in [0.3, 0.4) is 0 Å². The highest BCUT2D eigenvalue weighted by atomic mass is 32.1. The molecule has 0 bridgehead atoms. The lowest BCUT2D eigenvalue weighted by atomic mass is 10.1. The van der Waals surface area contributed by atoms with Crippen molar-refractivity contribution in [1.29, 1.82) is 0 Å². The molecule has 2 heterocycles. The van der Waals surface area contributed by atoms with E-state index in [1.807, 2.05) is 73.0 Å². The van der Waals surface area contributed by atoms with Crippen LogP contribution in [0.2, 0.25) is 0 Å². The second-order valence-corrected chi connectivity index (χ2v) is 7.64. The first-order valence-electron chi connectivity index (χ1n) is 9.94. The Hall–Kier alpha value is -3.71. The number of rotatable bonds is 8. The highest BCUT2D eigenvalue weighted by Gasteiger charge is 2.07. The molecule has 4 rings (SSSR count). The molecule has 156 valence electrons. The SMILES string of the molecule is CCOc1ccc(CC(=O)Nc2cccc(Nc3nc(-c4ccncc4)cs3)c2)cc1. The largest absolute Gasteiger partial charge is 0.494 e. The molecule has 0 spiro atoms. The molecule has 4 aromatic rings. The number of hydrogen-bond acceptors (Lipinski definition) is 6. The molecule has 0 saturated carbocycles. The summed E-state index contributed by atoms with van der Waals surface area (Å²) in [6, 6.07) is 19.0. The summed E-state index contributed by atoms with van der Waals surface area (Å²) in [5.41, 5.74) is 4.44. The van der Waals surface area contributed by atoms with Crippen molar-refractivity contribution in [3.8, 4) is 17.0 Å². The maximum Gasteiger partial charge on any atom is 0.228 e. The van der Waals surface area contributed by atoms with Crippen LogP contribution in [0.25, 0.3) is 11.3 Å². The van der Waals surface area contributed by atoms with Crippen LogP contribution in [0.4, 0.5) is 16.5 Å². The van der Waals surface area contributed by atoms with Gasteiger partial charge in [0, 0.05) is 34.7 Å². The zero-order valence-corrected chi connectivity index (χ0v) is 17.9. The molecule has 6 nitrogen and oxygen atoms in total. The number of pyridine rings is 1. The zero-order valence-electron chi connectivity index (χ0n) is 17.0. The fourth-order valence-corrected chi connectivity index (χ4v) is 3.79. The first-order valence-corrected chi connectivity index (χ1v) is 10.8. The fourth-order valence-electron chi connectivity index (χ4n) is 3.05. The van der Waals surface area contributed by atoms with Gasteiger partial charge in [0.2, 0.25) is 5.91 Å². The predicted octanol–water partition coefficient (Wildman–Crippen LogP) is 5.53. The van der Waals surface area contributed by atoms with E-state index in [9.17, 15) is 4.79 Å². The molecule has 7 heteroatoms. The minimum atomic E-state index is -0.0736. The fraction of sp³-hybridized carbons (Fsp3) is 0.125. The lowest BCUT2D eigenvalue weighted by Crippen LogP contribution is -2.14. The van der Waals surface area contributed by atoms with Gasteiger partial charge in [-0.3, -0.25) is 9.78 Å². The Morgan fingerprint density at radius 3 is 2.58 bits per heavy atom. The Labute approximate surface area is 185 Å². The van der Waals surface area contributed by atoms with Crippen LogP contribution in [0, 0.1) is 0 Å². The Balaban J connectivity index is 1.37. The summed E-state index contributed by atoms with van der Waals surface area (Å²) in [6.07, 6.45) is 3.80. The summed E-state index contributed by atoms with van der Waals surface area (Å²) < 4.78 is 5.44. The van der Waals surface area contributed by atoms with Crippen molar-refractivity contribution < 1.29 is 9.53 Å². The number of aromatic nitrogens is 2. The van der Waals surface area contributed by atoms with Crippen LogP contribution in [0.15, 0.2) is 78.4 Å². The molecule has 0 fully saturated rings. The maximum atomic E-state index is 12.4. The molecule has 0 aliphatic rings. The van der Waals surface area contributed by atoms with E-state index in [2.05, 4.69) is 20.6 Å². The van der Waals surface area contributed by atoms with Crippen molar-refractivity contribution in [2.75, 3.05) is 17.2 Å². The van der Waals surface area contributed by atoms with Crippen molar-refractivity contribution in [1.82, 2.24) is 9.97 Å². The van der Waals surface area contributed by atoms with Gasteiger partial charge >= 0.3 is 0 Å². The Bertz CT molecular complexity index is 1140. The van der Waals surface area contributed by atoms with Crippen LogP contribution >= 0.6 is 11.3 Å². The molecule has 31 heavy (non-hydrogen) atoms. The van der Waals surface area contributed by atoms with Crippen LogP contribution in [0.1, 0.15) is 12.5 Å². The van der Waals surface area contributed by atoms with Gasteiger partial charge < -0.3 is 15.4 Å². The van der Waals surface area contributed by atoms with Crippen LogP contribution in [-0.2, 0) is 11.2 Å². The van der Waals surface area contributed by atoms with Gasteiger partial charge in [0.15, 0.2) is 5.13 Å². The molecule has 0 saturated heterocycles. The van der Waals surface area contributed by atoms with E-state index in [0.29, 0.717) is 13.0 Å².